The molecule has 0 unspecified atom stereocenters. The third kappa shape index (κ3) is 3.31. The smallest absolute Gasteiger partial charge is 0.295 e. The van der Waals surface area contributed by atoms with Gasteiger partial charge in [0.25, 0.3) is 0 Å². The molecule has 0 bridgehead atoms. The number of imidazole rings is 1. The SMILES string of the molecule is Cn1c(=O)n(C)c2cc(-c3ccc(-c4c5ccccc5c(-c5ccncc5)c5ccccc45)cc3)ccc21. The van der Waals surface area contributed by atoms with E-state index in [1.807, 2.05) is 32.6 Å². The van der Waals surface area contributed by atoms with Crippen LogP contribution in [0, 0.1) is 0 Å². The third-order valence-electron chi connectivity index (χ3n) is 7.68. The Morgan fingerprint density at radius 3 is 1.50 bits per heavy atom. The Bertz CT molecular complexity index is 1990. The van der Waals surface area contributed by atoms with Crippen LogP contribution in [-0.4, -0.2) is 14.1 Å². The topological polar surface area (TPSA) is 39.8 Å². The van der Waals surface area contributed by atoms with Gasteiger partial charge in [-0.3, -0.25) is 14.1 Å². The normalized spacial score (nSPS) is 11.5. The summed E-state index contributed by atoms with van der Waals surface area (Å²) in [5, 5.41) is 4.91. The molecule has 4 heteroatoms. The van der Waals surface area contributed by atoms with Crippen LogP contribution in [-0.2, 0) is 14.1 Å². The Kier molecular flexibility index (Phi) is 5.02. The number of rotatable bonds is 3. The maximum Gasteiger partial charge on any atom is 0.328 e. The zero-order valence-electron chi connectivity index (χ0n) is 21.2. The van der Waals surface area contributed by atoms with Gasteiger partial charge in [-0.05, 0) is 79.2 Å². The number of aryl methyl sites for hydroxylation is 2. The number of benzene rings is 5. The van der Waals surface area contributed by atoms with Crippen molar-refractivity contribution in [3.8, 4) is 33.4 Å². The van der Waals surface area contributed by atoms with Crippen LogP contribution in [0.2, 0.25) is 0 Å². The van der Waals surface area contributed by atoms with Crippen LogP contribution in [0.4, 0.5) is 0 Å². The fourth-order valence-electron chi connectivity index (χ4n) is 5.78. The molecule has 0 fully saturated rings. The maximum atomic E-state index is 12.4. The minimum absolute atomic E-state index is 0.0125. The van der Waals surface area contributed by atoms with Gasteiger partial charge in [-0.15, -0.1) is 0 Å². The first-order valence-corrected chi connectivity index (χ1v) is 12.7. The molecule has 2 aromatic heterocycles. The summed E-state index contributed by atoms with van der Waals surface area (Å²) < 4.78 is 3.39. The lowest BCUT2D eigenvalue weighted by molar-refractivity contribution is 0.795. The van der Waals surface area contributed by atoms with Crippen molar-refractivity contribution in [1.82, 2.24) is 14.1 Å². The Labute approximate surface area is 220 Å². The first-order valence-electron chi connectivity index (χ1n) is 12.7. The molecule has 0 saturated heterocycles. The quantitative estimate of drug-likeness (QED) is 0.239. The number of pyridine rings is 1. The molecule has 0 aliphatic carbocycles. The van der Waals surface area contributed by atoms with Gasteiger partial charge < -0.3 is 0 Å². The van der Waals surface area contributed by atoms with Gasteiger partial charge in [0.1, 0.15) is 0 Å². The number of hydrogen-bond donors (Lipinski definition) is 0. The molecule has 0 spiro atoms. The van der Waals surface area contributed by atoms with Crippen molar-refractivity contribution in [2.75, 3.05) is 0 Å². The maximum absolute atomic E-state index is 12.4. The molecule has 182 valence electrons. The van der Waals surface area contributed by atoms with Crippen molar-refractivity contribution in [2.45, 2.75) is 0 Å². The standard InChI is InChI=1S/C34H25N3O/c1-36-30-16-15-25(21-31(30)37(2)34(36)38)22-11-13-23(14-12-22)32-26-7-3-5-9-28(26)33(24-17-19-35-20-18-24)29-10-6-4-8-27(29)32/h3-21H,1-2H3. The molecule has 4 nitrogen and oxygen atoms in total. The third-order valence-corrected chi connectivity index (χ3v) is 7.68. The number of hydrogen-bond acceptors (Lipinski definition) is 2. The number of fused-ring (bicyclic) bond motifs is 3. The van der Waals surface area contributed by atoms with Crippen molar-refractivity contribution in [2.24, 2.45) is 14.1 Å². The molecule has 0 saturated carbocycles. The lowest BCUT2D eigenvalue weighted by Crippen LogP contribution is -2.19. The summed E-state index contributed by atoms with van der Waals surface area (Å²) >= 11 is 0. The van der Waals surface area contributed by atoms with Crippen LogP contribution in [0.15, 0.2) is 120 Å². The van der Waals surface area contributed by atoms with E-state index in [-0.39, 0.29) is 5.69 Å². The average molecular weight is 492 g/mol. The van der Waals surface area contributed by atoms with Gasteiger partial charge >= 0.3 is 5.69 Å². The predicted octanol–water partition coefficient (Wildman–Crippen LogP) is 7.58. The van der Waals surface area contributed by atoms with Crippen LogP contribution >= 0.6 is 0 Å². The zero-order valence-corrected chi connectivity index (χ0v) is 21.2. The highest BCUT2D eigenvalue weighted by Gasteiger charge is 2.16. The Balaban J connectivity index is 1.43. The number of nitrogens with zero attached hydrogens (tertiary/aromatic N) is 3. The lowest BCUT2D eigenvalue weighted by Gasteiger charge is -2.17. The van der Waals surface area contributed by atoms with Gasteiger partial charge in [0.15, 0.2) is 0 Å². The van der Waals surface area contributed by atoms with Gasteiger partial charge in [-0.2, -0.15) is 0 Å². The van der Waals surface area contributed by atoms with Gasteiger partial charge in [0.05, 0.1) is 11.0 Å². The average Bonchev–Trinajstić information content (AvgIpc) is 3.19. The highest BCUT2D eigenvalue weighted by atomic mass is 16.1. The van der Waals surface area contributed by atoms with Gasteiger partial charge in [-0.1, -0.05) is 78.9 Å². The second kappa shape index (κ2) is 8.56. The van der Waals surface area contributed by atoms with Crippen LogP contribution in [0.25, 0.3) is 66.0 Å². The van der Waals surface area contributed by atoms with Crippen LogP contribution < -0.4 is 5.69 Å². The fourth-order valence-corrected chi connectivity index (χ4v) is 5.78. The van der Waals surface area contributed by atoms with Crippen LogP contribution in [0.1, 0.15) is 0 Å². The minimum atomic E-state index is -0.0125. The van der Waals surface area contributed by atoms with Gasteiger partial charge in [0, 0.05) is 26.5 Å². The van der Waals surface area contributed by atoms with E-state index < -0.39 is 0 Å². The molecule has 0 aliphatic rings. The van der Waals surface area contributed by atoms with E-state index in [4.69, 9.17) is 0 Å². The molecule has 0 N–H and O–H groups in total. The second-order valence-corrected chi connectivity index (χ2v) is 9.76. The largest absolute Gasteiger partial charge is 0.328 e. The molecular formula is C34H25N3O. The molecule has 7 rings (SSSR count). The van der Waals surface area contributed by atoms with E-state index in [0.29, 0.717) is 0 Å². The molecule has 38 heavy (non-hydrogen) atoms. The van der Waals surface area contributed by atoms with Crippen LogP contribution in [0.3, 0.4) is 0 Å². The Hall–Kier alpha value is -4.96. The summed E-state index contributed by atoms with van der Waals surface area (Å²) in [6.07, 6.45) is 3.71. The first kappa shape index (κ1) is 22.3. The van der Waals surface area contributed by atoms with Crippen molar-refractivity contribution < 1.29 is 0 Å². The van der Waals surface area contributed by atoms with Crippen molar-refractivity contribution in [1.29, 1.82) is 0 Å². The van der Waals surface area contributed by atoms with Gasteiger partial charge in [0.2, 0.25) is 0 Å². The monoisotopic (exact) mass is 491 g/mol. The van der Waals surface area contributed by atoms with E-state index in [1.54, 1.807) is 9.13 Å². The van der Waals surface area contributed by atoms with Crippen molar-refractivity contribution in [3.05, 3.63) is 126 Å². The summed E-state index contributed by atoms with van der Waals surface area (Å²) in [6, 6.07) is 36.5. The van der Waals surface area contributed by atoms with E-state index in [0.717, 1.165) is 22.2 Å². The predicted molar refractivity (Wildman–Crippen MR) is 157 cm³/mol. The molecule has 2 heterocycles. The van der Waals surface area contributed by atoms with Crippen LogP contribution in [0.5, 0.6) is 0 Å². The molecule has 0 amide bonds. The molecule has 0 radical (unpaired) electrons. The number of aromatic nitrogens is 3. The molecule has 7 aromatic rings. The Morgan fingerprint density at radius 2 is 0.947 bits per heavy atom. The fraction of sp³-hybridized carbons (Fsp3) is 0.0588. The summed E-state index contributed by atoms with van der Waals surface area (Å²) in [5.41, 5.74) is 8.88. The molecule has 0 aliphatic heterocycles. The second-order valence-electron chi connectivity index (χ2n) is 9.76. The van der Waals surface area contributed by atoms with Crippen molar-refractivity contribution in [3.63, 3.8) is 0 Å². The first-order chi connectivity index (χ1) is 18.6. The summed E-state index contributed by atoms with van der Waals surface area (Å²) in [4.78, 5) is 16.6. The molecule has 0 atom stereocenters. The van der Waals surface area contributed by atoms with E-state index in [1.165, 1.54) is 43.8 Å². The summed E-state index contributed by atoms with van der Waals surface area (Å²) in [7, 11) is 3.64. The lowest BCUT2D eigenvalue weighted by atomic mass is 9.86. The summed E-state index contributed by atoms with van der Waals surface area (Å²) in [6.45, 7) is 0. The molecular weight excluding hydrogens is 466 g/mol. The molecule has 5 aromatic carbocycles. The zero-order chi connectivity index (χ0) is 25.8. The minimum Gasteiger partial charge on any atom is -0.295 e. The Morgan fingerprint density at radius 1 is 0.500 bits per heavy atom. The van der Waals surface area contributed by atoms with Crippen molar-refractivity contribution >= 4 is 32.6 Å². The van der Waals surface area contributed by atoms with E-state index in [2.05, 4.69) is 102 Å². The van der Waals surface area contributed by atoms with Gasteiger partial charge in [-0.25, -0.2) is 4.79 Å². The van der Waals surface area contributed by atoms with E-state index >= 15 is 0 Å². The summed E-state index contributed by atoms with van der Waals surface area (Å²) in [5.74, 6) is 0. The van der Waals surface area contributed by atoms with E-state index in [9.17, 15) is 4.79 Å². The highest BCUT2D eigenvalue weighted by molar-refractivity contribution is 6.21. The highest BCUT2D eigenvalue weighted by Crippen LogP contribution is 2.43.